The number of azide groups is 1. The molecule has 0 saturated heterocycles. The average Bonchev–Trinajstić information content (AvgIpc) is 2.24. The van der Waals surface area contributed by atoms with E-state index in [2.05, 4.69) is 16.1 Å². The molecule has 1 aromatic rings. The molecule has 1 saturated carbocycles. The van der Waals surface area contributed by atoms with Gasteiger partial charge in [0.1, 0.15) is 0 Å². The second kappa shape index (κ2) is 3.64. The highest BCUT2D eigenvalue weighted by Gasteiger charge is 2.45. The fraction of sp³-hybridized carbons (Fsp3) is 0.364. The van der Waals surface area contributed by atoms with Gasteiger partial charge in [-0.25, -0.2) is 0 Å². The maximum atomic E-state index is 9.19. The van der Waals surface area contributed by atoms with Gasteiger partial charge in [-0.15, -0.1) is 0 Å². The van der Waals surface area contributed by atoms with Crippen LogP contribution in [0.1, 0.15) is 18.4 Å². The Morgan fingerprint density at radius 2 is 2.07 bits per heavy atom. The standard InChI is InChI=1S/C11H10N4/c12-8-11(6-10(7-11)14-15-13)9-4-2-1-3-5-9/h1-5,10H,6-7H2. The zero-order valence-corrected chi connectivity index (χ0v) is 8.17. The van der Waals surface area contributed by atoms with Crippen molar-refractivity contribution in [1.29, 1.82) is 5.26 Å². The molecule has 0 spiro atoms. The molecular weight excluding hydrogens is 188 g/mol. The Bertz CT molecular complexity index is 433. The Morgan fingerprint density at radius 1 is 1.40 bits per heavy atom. The van der Waals surface area contributed by atoms with Crippen molar-refractivity contribution in [3.63, 3.8) is 0 Å². The van der Waals surface area contributed by atoms with Gasteiger partial charge >= 0.3 is 0 Å². The van der Waals surface area contributed by atoms with E-state index in [1.807, 2.05) is 30.3 Å². The van der Waals surface area contributed by atoms with E-state index in [0.29, 0.717) is 12.8 Å². The van der Waals surface area contributed by atoms with E-state index in [1.54, 1.807) is 0 Å². The van der Waals surface area contributed by atoms with Gasteiger partial charge in [-0.1, -0.05) is 35.4 Å². The van der Waals surface area contributed by atoms with Crippen molar-refractivity contribution in [2.45, 2.75) is 24.3 Å². The minimum atomic E-state index is -0.430. The highest BCUT2D eigenvalue weighted by Crippen LogP contribution is 2.44. The van der Waals surface area contributed by atoms with Crippen molar-refractivity contribution in [2.24, 2.45) is 5.11 Å². The molecule has 0 aromatic heterocycles. The van der Waals surface area contributed by atoms with Crippen molar-refractivity contribution in [2.75, 3.05) is 0 Å². The van der Waals surface area contributed by atoms with E-state index in [9.17, 15) is 5.26 Å². The summed E-state index contributed by atoms with van der Waals surface area (Å²) in [4.78, 5) is 2.77. The van der Waals surface area contributed by atoms with Crippen LogP contribution >= 0.6 is 0 Å². The molecule has 1 aliphatic carbocycles. The Morgan fingerprint density at radius 3 is 2.60 bits per heavy atom. The third-order valence-electron chi connectivity index (χ3n) is 2.92. The summed E-state index contributed by atoms with van der Waals surface area (Å²) in [6, 6.07) is 12.0. The number of hydrogen-bond donors (Lipinski definition) is 0. The quantitative estimate of drug-likeness (QED) is 0.409. The van der Waals surface area contributed by atoms with Crippen LogP contribution in [0, 0.1) is 11.3 Å². The molecule has 15 heavy (non-hydrogen) atoms. The van der Waals surface area contributed by atoms with Crippen LogP contribution in [-0.4, -0.2) is 6.04 Å². The van der Waals surface area contributed by atoms with Crippen LogP contribution in [0.5, 0.6) is 0 Å². The van der Waals surface area contributed by atoms with Gasteiger partial charge < -0.3 is 0 Å². The zero-order valence-electron chi connectivity index (χ0n) is 8.17. The van der Waals surface area contributed by atoms with E-state index in [1.165, 1.54) is 0 Å². The summed E-state index contributed by atoms with van der Waals surface area (Å²) in [6.45, 7) is 0. The molecule has 74 valence electrons. The lowest BCUT2D eigenvalue weighted by Crippen LogP contribution is -2.42. The van der Waals surface area contributed by atoms with Crippen LogP contribution in [0.15, 0.2) is 35.4 Å². The van der Waals surface area contributed by atoms with Gasteiger partial charge in [-0.3, -0.25) is 0 Å². The van der Waals surface area contributed by atoms with Crippen LogP contribution in [0.25, 0.3) is 10.4 Å². The average molecular weight is 198 g/mol. The van der Waals surface area contributed by atoms with Crippen LogP contribution < -0.4 is 0 Å². The van der Waals surface area contributed by atoms with E-state index >= 15 is 0 Å². The number of nitriles is 1. The minimum absolute atomic E-state index is 0.0187. The maximum absolute atomic E-state index is 9.19. The first-order valence-corrected chi connectivity index (χ1v) is 4.82. The fourth-order valence-electron chi connectivity index (χ4n) is 2.05. The molecule has 0 aliphatic heterocycles. The Labute approximate surface area is 87.8 Å². The third-order valence-corrected chi connectivity index (χ3v) is 2.92. The number of benzene rings is 1. The molecule has 4 nitrogen and oxygen atoms in total. The summed E-state index contributed by atoms with van der Waals surface area (Å²) in [7, 11) is 0. The van der Waals surface area contributed by atoms with Crippen LogP contribution in [0.2, 0.25) is 0 Å². The van der Waals surface area contributed by atoms with Gasteiger partial charge in [-0.05, 0) is 23.9 Å². The van der Waals surface area contributed by atoms with Crippen molar-refractivity contribution in [3.8, 4) is 6.07 Å². The predicted octanol–water partition coefficient (Wildman–Crippen LogP) is 2.92. The SMILES string of the molecule is N#CC1(c2ccccc2)CC(N=[N+]=[N-])C1. The first kappa shape index (κ1) is 9.57. The van der Waals surface area contributed by atoms with Gasteiger partial charge in [-0.2, -0.15) is 5.26 Å². The second-order valence-electron chi connectivity index (χ2n) is 3.83. The smallest absolute Gasteiger partial charge is 0.0830 e. The normalized spacial score (nSPS) is 28.3. The molecule has 1 aliphatic rings. The fourth-order valence-corrected chi connectivity index (χ4v) is 2.05. The van der Waals surface area contributed by atoms with E-state index < -0.39 is 5.41 Å². The molecule has 0 radical (unpaired) electrons. The number of hydrogen-bond acceptors (Lipinski definition) is 2. The Hall–Kier alpha value is -1.98. The van der Waals surface area contributed by atoms with E-state index in [-0.39, 0.29) is 6.04 Å². The topological polar surface area (TPSA) is 72.5 Å². The third kappa shape index (κ3) is 1.54. The van der Waals surface area contributed by atoms with Gasteiger partial charge in [0.25, 0.3) is 0 Å². The summed E-state index contributed by atoms with van der Waals surface area (Å²) in [5.74, 6) is 0. The lowest BCUT2D eigenvalue weighted by atomic mass is 9.63. The van der Waals surface area contributed by atoms with Crippen molar-refractivity contribution in [1.82, 2.24) is 0 Å². The highest BCUT2D eigenvalue weighted by atomic mass is 15.2. The molecule has 0 bridgehead atoms. The zero-order chi connectivity index (χ0) is 10.7. The van der Waals surface area contributed by atoms with E-state index in [0.717, 1.165) is 5.56 Å². The summed E-state index contributed by atoms with van der Waals surface area (Å²) >= 11 is 0. The maximum Gasteiger partial charge on any atom is 0.0830 e. The lowest BCUT2D eigenvalue weighted by molar-refractivity contribution is 0.271. The molecule has 4 heteroatoms. The highest BCUT2D eigenvalue weighted by molar-refractivity contribution is 5.36. The van der Waals surface area contributed by atoms with Gasteiger partial charge in [0.15, 0.2) is 0 Å². The molecule has 0 amide bonds. The summed E-state index contributed by atoms with van der Waals surface area (Å²) in [5, 5.41) is 12.8. The van der Waals surface area contributed by atoms with Crippen LogP contribution in [0.3, 0.4) is 0 Å². The predicted molar refractivity (Wildman–Crippen MR) is 55.9 cm³/mol. The minimum Gasteiger partial charge on any atom is -0.197 e. The molecule has 0 unspecified atom stereocenters. The molecule has 0 N–H and O–H groups in total. The van der Waals surface area contributed by atoms with Crippen LogP contribution in [0.4, 0.5) is 0 Å². The summed E-state index contributed by atoms with van der Waals surface area (Å²) in [6.07, 6.45) is 1.27. The van der Waals surface area contributed by atoms with Gasteiger partial charge in [0.05, 0.1) is 11.5 Å². The van der Waals surface area contributed by atoms with Gasteiger partial charge in [0.2, 0.25) is 0 Å². The lowest BCUT2D eigenvalue weighted by Gasteiger charge is -2.40. The molecular formula is C11H10N4. The number of nitrogens with zero attached hydrogens (tertiary/aromatic N) is 4. The van der Waals surface area contributed by atoms with Crippen molar-refractivity contribution < 1.29 is 0 Å². The van der Waals surface area contributed by atoms with Gasteiger partial charge in [0, 0.05) is 11.0 Å². The monoisotopic (exact) mass is 198 g/mol. The van der Waals surface area contributed by atoms with Crippen molar-refractivity contribution >= 4 is 0 Å². The Kier molecular flexibility index (Phi) is 2.32. The largest absolute Gasteiger partial charge is 0.197 e. The first-order chi connectivity index (χ1) is 7.30. The summed E-state index contributed by atoms with van der Waals surface area (Å²) < 4.78 is 0. The molecule has 1 aromatic carbocycles. The molecule has 1 fully saturated rings. The summed E-state index contributed by atoms with van der Waals surface area (Å²) in [5.41, 5.74) is 8.89. The molecule has 2 rings (SSSR count). The molecule has 0 heterocycles. The Balaban J connectivity index is 2.22. The van der Waals surface area contributed by atoms with E-state index in [4.69, 9.17) is 5.53 Å². The number of rotatable bonds is 2. The van der Waals surface area contributed by atoms with Crippen LogP contribution in [-0.2, 0) is 5.41 Å². The first-order valence-electron chi connectivity index (χ1n) is 4.82. The molecule has 0 atom stereocenters. The van der Waals surface area contributed by atoms with Crippen molar-refractivity contribution in [3.05, 3.63) is 46.3 Å². The second-order valence-corrected chi connectivity index (χ2v) is 3.83.